The van der Waals surface area contributed by atoms with Crippen LogP contribution in [-0.4, -0.2) is 28.3 Å². The van der Waals surface area contributed by atoms with Gasteiger partial charge in [-0.2, -0.15) is 0 Å². The predicted molar refractivity (Wildman–Crippen MR) is 83.1 cm³/mol. The second-order valence-corrected chi connectivity index (χ2v) is 6.67. The molecule has 1 aromatic rings. The van der Waals surface area contributed by atoms with E-state index in [1.807, 2.05) is 20.8 Å². The third kappa shape index (κ3) is 5.08. The minimum atomic E-state index is -0.442. The number of rotatable bonds is 6. The van der Waals surface area contributed by atoms with E-state index in [4.69, 9.17) is 4.74 Å². The molecule has 0 radical (unpaired) electrons. The number of amides is 1. The number of hydrogen-bond donors (Lipinski definition) is 2. The van der Waals surface area contributed by atoms with Crippen molar-refractivity contribution in [2.24, 2.45) is 0 Å². The van der Waals surface area contributed by atoms with Gasteiger partial charge in [0.2, 0.25) is 0 Å². The summed E-state index contributed by atoms with van der Waals surface area (Å²) in [5.41, 5.74) is 0.850. The third-order valence-corrected chi connectivity index (χ3v) is 3.43. The van der Waals surface area contributed by atoms with Crippen LogP contribution < -0.4 is 10.6 Å². The van der Waals surface area contributed by atoms with Crippen molar-refractivity contribution in [3.8, 4) is 0 Å². The zero-order chi connectivity index (χ0) is 15.5. The number of alkyl carbamates (subject to hydrolysis) is 1. The van der Waals surface area contributed by atoms with Crippen LogP contribution in [0.5, 0.6) is 0 Å². The number of aryl methyl sites for hydroxylation is 1. The minimum absolute atomic E-state index is 0.189. The lowest BCUT2D eigenvalue weighted by Gasteiger charge is -2.19. The molecule has 1 fully saturated rings. The first-order valence-electron chi connectivity index (χ1n) is 7.76. The Morgan fingerprint density at radius 2 is 2.19 bits per heavy atom. The molecule has 0 aliphatic heterocycles. The van der Waals surface area contributed by atoms with Gasteiger partial charge >= 0.3 is 6.09 Å². The van der Waals surface area contributed by atoms with Crippen LogP contribution in [0.2, 0.25) is 0 Å². The third-order valence-electron chi connectivity index (χ3n) is 3.43. The highest BCUT2D eigenvalue weighted by atomic mass is 16.6. The molecule has 1 aliphatic carbocycles. The Morgan fingerprint density at radius 3 is 2.86 bits per heavy atom. The summed E-state index contributed by atoms with van der Waals surface area (Å²) in [6.45, 7) is 9.68. The van der Waals surface area contributed by atoms with E-state index < -0.39 is 5.60 Å². The van der Waals surface area contributed by atoms with Gasteiger partial charge in [-0.25, -0.2) is 4.79 Å². The zero-order valence-corrected chi connectivity index (χ0v) is 13.5. The van der Waals surface area contributed by atoms with Crippen LogP contribution >= 0.6 is 0 Å². The Balaban J connectivity index is 1.70. The smallest absolute Gasteiger partial charge is 0.407 e. The van der Waals surface area contributed by atoms with E-state index >= 15 is 0 Å². The highest BCUT2D eigenvalue weighted by molar-refractivity contribution is 5.68. The van der Waals surface area contributed by atoms with Crippen LogP contribution in [0.4, 0.5) is 4.79 Å². The van der Waals surface area contributed by atoms with Crippen molar-refractivity contribution in [1.29, 1.82) is 0 Å². The largest absolute Gasteiger partial charge is 0.444 e. The SMILES string of the molecule is CCCn1cccc1CNC1CC1NC(=O)OC(C)(C)C. The van der Waals surface area contributed by atoms with Gasteiger partial charge in [-0.05, 0) is 45.7 Å². The quantitative estimate of drug-likeness (QED) is 0.848. The first-order valence-corrected chi connectivity index (χ1v) is 7.76. The number of nitrogens with zero attached hydrogens (tertiary/aromatic N) is 1. The molecular weight excluding hydrogens is 266 g/mol. The van der Waals surface area contributed by atoms with Crippen molar-refractivity contribution < 1.29 is 9.53 Å². The Labute approximate surface area is 127 Å². The number of aromatic nitrogens is 1. The van der Waals surface area contributed by atoms with Crippen molar-refractivity contribution in [3.63, 3.8) is 0 Å². The van der Waals surface area contributed by atoms with Crippen molar-refractivity contribution >= 4 is 6.09 Å². The molecule has 0 bridgehead atoms. The van der Waals surface area contributed by atoms with E-state index in [2.05, 4.69) is 40.5 Å². The summed E-state index contributed by atoms with van der Waals surface area (Å²) >= 11 is 0. The van der Waals surface area contributed by atoms with Gasteiger partial charge in [-0.15, -0.1) is 0 Å². The highest BCUT2D eigenvalue weighted by Crippen LogP contribution is 2.22. The minimum Gasteiger partial charge on any atom is -0.444 e. The zero-order valence-electron chi connectivity index (χ0n) is 13.5. The maximum atomic E-state index is 11.7. The van der Waals surface area contributed by atoms with Gasteiger partial charge in [0, 0.05) is 37.1 Å². The number of nitrogens with one attached hydrogen (secondary N) is 2. The van der Waals surface area contributed by atoms with E-state index in [0.29, 0.717) is 6.04 Å². The van der Waals surface area contributed by atoms with E-state index in [1.54, 1.807) is 0 Å². The van der Waals surface area contributed by atoms with Crippen molar-refractivity contribution in [2.75, 3.05) is 0 Å². The number of hydrogen-bond acceptors (Lipinski definition) is 3. The second-order valence-electron chi connectivity index (χ2n) is 6.67. The van der Waals surface area contributed by atoms with Crippen LogP contribution in [0.1, 0.15) is 46.2 Å². The average molecular weight is 293 g/mol. The van der Waals surface area contributed by atoms with Crippen LogP contribution in [0.3, 0.4) is 0 Å². The first kappa shape index (κ1) is 15.9. The summed E-state index contributed by atoms with van der Waals surface area (Å²) in [5.74, 6) is 0. The Kier molecular flexibility index (Phi) is 4.93. The van der Waals surface area contributed by atoms with Gasteiger partial charge in [0.25, 0.3) is 0 Å². The molecule has 2 N–H and O–H groups in total. The molecule has 1 heterocycles. The van der Waals surface area contributed by atoms with Crippen molar-refractivity contribution in [3.05, 3.63) is 24.0 Å². The molecule has 1 amide bonds. The molecule has 5 nitrogen and oxygen atoms in total. The Morgan fingerprint density at radius 1 is 1.43 bits per heavy atom. The van der Waals surface area contributed by atoms with Gasteiger partial charge in [0.1, 0.15) is 5.60 Å². The van der Waals surface area contributed by atoms with Crippen LogP contribution in [-0.2, 0) is 17.8 Å². The molecule has 0 aromatic carbocycles. The monoisotopic (exact) mass is 293 g/mol. The molecule has 0 spiro atoms. The Hall–Kier alpha value is -1.49. The molecule has 2 unspecified atom stereocenters. The molecule has 1 saturated carbocycles. The normalized spacial score (nSPS) is 21.1. The average Bonchev–Trinajstić information content (AvgIpc) is 2.92. The number of carbonyl (C=O) groups excluding carboxylic acids is 1. The fourth-order valence-electron chi connectivity index (χ4n) is 2.34. The van der Waals surface area contributed by atoms with Crippen LogP contribution in [0, 0.1) is 0 Å². The second kappa shape index (κ2) is 6.52. The summed E-state index contributed by atoms with van der Waals surface area (Å²) in [4.78, 5) is 11.7. The lowest BCUT2D eigenvalue weighted by molar-refractivity contribution is 0.0522. The summed E-state index contributed by atoms with van der Waals surface area (Å²) < 4.78 is 7.53. The van der Waals surface area contributed by atoms with E-state index in [0.717, 1.165) is 25.9 Å². The summed E-state index contributed by atoms with van der Waals surface area (Å²) in [6.07, 6.45) is 3.89. The molecule has 5 heteroatoms. The first-order chi connectivity index (χ1) is 9.89. The fraction of sp³-hybridized carbons (Fsp3) is 0.688. The summed E-state index contributed by atoms with van der Waals surface area (Å²) in [7, 11) is 0. The molecular formula is C16H27N3O2. The standard InChI is InChI=1S/C16H27N3O2/c1-5-8-19-9-6-7-12(19)11-17-13-10-14(13)18-15(20)21-16(2,3)4/h6-7,9,13-14,17H,5,8,10-11H2,1-4H3,(H,18,20). The number of ether oxygens (including phenoxy) is 1. The maximum Gasteiger partial charge on any atom is 0.407 e. The maximum absolute atomic E-state index is 11.7. The Bertz CT molecular complexity index is 476. The van der Waals surface area contributed by atoms with Crippen LogP contribution in [0.15, 0.2) is 18.3 Å². The van der Waals surface area contributed by atoms with Gasteiger partial charge in [-0.3, -0.25) is 0 Å². The molecule has 118 valence electrons. The topological polar surface area (TPSA) is 55.3 Å². The lowest BCUT2D eigenvalue weighted by atomic mass is 10.2. The number of carbonyl (C=O) groups is 1. The lowest BCUT2D eigenvalue weighted by Crippen LogP contribution is -2.36. The van der Waals surface area contributed by atoms with Gasteiger partial charge in [-0.1, -0.05) is 6.92 Å². The van der Waals surface area contributed by atoms with Crippen molar-refractivity contribution in [1.82, 2.24) is 15.2 Å². The van der Waals surface area contributed by atoms with E-state index in [1.165, 1.54) is 5.69 Å². The summed E-state index contributed by atoms with van der Waals surface area (Å²) in [6, 6.07) is 4.76. The van der Waals surface area contributed by atoms with Crippen molar-refractivity contribution in [2.45, 2.75) is 71.3 Å². The van der Waals surface area contributed by atoms with Gasteiger partial charge in [0.15, 0.2) is 0 Å². The van der Waals surface area contributed by atoms with Gasteiger partial charge in [0.05, 0.1) is 0 Å². The van der Waals surface area contributed by atoms with E-state index in [9.17, 15) is 4.79 Å². The molecule has 2 rings (SSSR count). The molecule has 21 heavy (non-hydrogen) atoms. The van der Waals surface area contributed by atoms with Crippen LogP contribution in [0.25, 0.3) is 0 Å². The molecule has 1 aromatic heterocycles. The molecule has 0 saturated heterocycles. The summed E-state index contributed by atoms with van der Waals surface area (Å²) in [5, 5.41) is 6.38. The van der Waals surface area contributed by atoms with E-state index in [-0.39, 0.29) is 12.1 Å². The predicted octanol–water partition coefficient (Wildman–Crippen LogP) is 2.65. The van der Waals surface area contributed by atoms with Gasteiger partial charge < -0.3 is 19.9 Å². The molecule has 1 aliphatic rings. The highest BCUT2D eigenvalue weighted by Gasteiger charge is 2.38. The fourth-order valence-corrected chi connectivity index (χ4v) is 2.34. The molecule has 2 atom stereocenters.